The molecule has 0 radical (unpaired) electrons. The van der Waals surface area contributed by atoms with Gasteiger partial charge >= 0.3 is 0 Å². The Morgan fingerprint density at radius 1 is 1.00 bits per heavy atom. The predicted molar refractivity (Wildman–Crippen MR) is 65.9 cm³/mol. The van der Waals surface area contributed by atoms with Crippen LogP contribution in [0.15, 0.2) is 0 Å². The highest BCUT2D eigenvalue weighted by molar-refractivity contribution is 4.86. The van der Waals surface area contributed by atoms with E-state index in [1.54, 1.807) is 0 Å². The average molecular weight is 209 g/mol. The lowest BCUT2D eigenvalue weighted by molar-refractivity contribution is 0.0999. The van der Waals surface area contributed by atoms with Gasteiger partial charge in [-0.2, -0.15) is 0 Å². The normalized spacial score (nSPS) is 33.0. The zero-order valence-electron chi connectivity index (χ0n) is 10.5. The van der Waals surface area contributed by atoms with Crippen molar-refractivity contribution in [3.8, 4) is 0 Å². The van der Waals surface area contributed by atoms with Crippen molar-refractivity contribution >= 4 is 0 Å². The Labute approximate surface area is 95.0 Å². The third-order valence-corrected chi connectivity index (χ3v) is 4.51. The van der Waals surface area contributed by atoms with Crippen molar-refractivity contribution < 1.29 is 0 Å². The minimum absolute atomic E-state index is 0.661. The summed E-state index contributed by atoms with van der Waals surface area (Å²) >= 11 is 0. The Balaban J connectivity index is 1.82. The first-order valence-corrected chi connectivity index (χ1v) is 7.00. The highest BCUT2D eigenvalue weighted by Crippen LogP contribution is 2.43. The third kappa shape index (κ3) is 2.96. The molecule has 0 heterocycles. The number of rotatable bonds is 4. The van der Waals surface area contributed by atoms with E-state index in [-0.39, 0.29) is 0 Å². The molecule has 0 aliphatic heterocycles. The molecule has 0 saturated heterocycles. The summed E-state index contributed by atoms with van der Waals surface area (Å²) in [6.45, 7) is 5.81. The summed E-state index contributed by atoms with van der Waals surface area (Å²) < 4.78 is 0. The van der Waals surface area contributed by atoms with Gasteiger partial charge in [0.15, 0.2) is 0 Å². The molecule has 0 bridgehead atoms. The van der Waals surface area contributed by atoms with Crippen molar-refractivity contribution in [3.63, 3.8) is 0 Å². The second-order valence-corrected chi connectivity index (χ2v) is 5.96. The van der Waals surface area contributed by atoms with Gasteiger partial charge < -0.3 is 5.32 Å². The van der Waals surface area contributed by atoms with Gasteiger partial charge in [0.2, 0.25) is 0 Å². The fraction of sp³-hybridized carbons (Fsp3) is 1.00. The van der Waals surface area contributed by atoms with E-state index in [0.717, 1.165) is 17.8 Å². The van der Waals surface area contributed by atoms with E-state index in [1.807, 2.05) is 0 Å². The van der Waals surface area contributed by atoms with Gasteiger partial charge in [0.05, 0.1) is 0 Å². The largest absolute Gasteiger partial charge is 0.314 e. The number of nitrogens with one attached hydrogen (secondary N) is 1. The van der Waals surface area contributed by atoms with Crippen LogP contribution in [-0.2, 0) is 0 Å². The van der Waals surface area contributed by atoms with Crippen LogP contribution in [0.25, 0.3) is 0 Å². The standard InChI is InChI=1S/C14H27N/c1-11(2)15-10-13-6-3-4-9-14(13)12-7-5-8-12/h11-15H,3-10H2,1-2H3. The summed E-state index contributed by atoms with van der Waals surface area (Å²) in [4.78, 5) is 0. The molecule has 2 rings (SSSR count). The van der Waals surface area contributed by atoms with E-state index in [1.165, 1.54) is 51.5 Å². The molecule has 2 aliphatic rings. The summed E-state index contributed by atoms with van der Waals surface area (Å²) in [6, 6.07) is 0.661. The zero-order valence-corrected chi connectivity index (χ0v) is 10.5. The Morgan fingerprint density at radius 2 is 1.73 bits per heavy atom. The van der Waals surface area contributed by atoms with Crippen molar-refractivity contribution in [3.05, 3.63) is 0 Å². The Kier molecular flexibility index (Phi) is 4.07. The van der Waals surface area contributed by atoms with Crippen LogP contribution in [0.5, 0.6) is 0 Å². The molecule has 1 nitrogen and oxygen atoms in total. The van der Waals surface area contributed by atoms with Crippen molar-refractivity contribution in [2.24, 2.45) is 17.8 Å². The first-order chi connectivity index (χ1) is 7.27. The first-order valence-electron chi connectivity index (χ1n) is 7.00. The fourth-order valence-corrected chi connectivity index (χ4v) is 3.37. The number of hydrogen-bond acceptors (Lipinski definition) is 1. The van der Waals surface area contributed by atoms with E-state index in [9.17, 15) is 0 Å². The molecule has 1 heteroatoms. The summed E-state index contributed by atoms with van der Waals surface area (Å²) in [6.07, 6.45) is 10.6. The maximum atomic E-state index is 3.65. The van der Waals surface area contributed by atoms with E-state index in [0.29, 0.717) is 6.04 Å². The van der Waals surface area contributed by atoms with Crippen molar-refractivity contribution in [2.45, 2.75) is 64.8 Å². The average Bonchev–Trinajstić information content (AvgIpc) is 2.14. The second-order valence-electron chi connectivity index (χ2n) is 5.96. The number of hydrogen-bond donors (Lipinski definition) is 1. The van der Waals surface area contributed by atoms with Gasteiger partial charge in [-0.05, 0) is 37.1 Å². The summed E-state index contributed by atoms with van der Waals surface area (Å²) in [7, 11) is 0. The van der Waals surface area contributed by atoms with Gasteiger partial charge in [0.1, 0.15) is 0 Å². The Hall–Kier alpha value is -0.0400. The molecule has 88 valence electrons. The van der Waals surface area contributed by atoms with E-state index in [4.69, 9.17) is 0 Å². The Bertz CT molecular complexity index is 184. The van der Waals surface area contributed by atoms with Gasteiger partial charge in [-0.1, -0.05) is 46.0 Å². The summed E-state index contributed by atoms with van der Waals surface area (Å²) in [5.74, 6) is 3.16. The monoisotopic (exact) mass is 209 g/mol. The minimum atomic E-state index is 0.661. The quantitative estimate of drug-likeness (QED) is 0.746. The second kappa shape index (κ2) is 5.34. The molecular weight excluding hydrogens is 182 g/mol. The lowest BCUT2D eigenvalue weighted by Gasteiger charge is -2.42. The topological polar surface area (TPSA) is 12.0 Å². The lowest BCUT2D eigenvalue weighted by atomic mass is 9.65. The highest BCUT2D eigenvalue weighted by atomic mass is 14.9. The minimum Gasteiger partial charge on any atom is -0.314 e. The SMILES string of the molecule is CC(C)NCC1CCCCC1C1CCC1. The van der Waals surface area contributed by atoms with Crippen LogP contribution in [0.2, 0.25) is 0 Å². The first kappa shape index (κ1) is 11.4. The molecule has 2 fully saturated rings. The van der Waals surface area contributed by atoms with E-state index >= 15 is 0 Å². The highest BCUT2D eigenvalue weighted by Gasteiger charge is 2.34. The van der Waals surface area contributed by atoms with Crippen LogP contribution in [0.1, 0.15) is 58.8 Å². The van der Waals surface area contributed by atoms with E-state index in [2.05, 4.69) is 19.2 Å². The molecular formula is C14H27N. The van der Waals surface area contributed by atoms with Crippen LogP contribution >= 0.6 is 0 Å². The van der Waals surface area contributed by atoms with Crippen LogP contribution in [0, 0.1) is 17.8 Å². The predicted octanol–water partition coefficient (Wildman–Crippen LogP) is 3.59. The lowest BCUT2D eigenvalue weighted by Crippen LogP contribution is -2.38. The fourth-order valence-electron chi connectivity index (χ4n) is 3.37. The zero-order chi connectivity index (χ0) is 10.7. The molecule has 2 saturated carbocycles. The van der Waals surface area contributed by atoms with Gasteiger partial charge in [0, 0.05) is 6.04 Å². The van der Waals surface area contributed by atoms with Gasteiger partial charge in [-0.15, -0.1) is 0 Å². The maximum absolute atomic E-state index is 3.65. The summed E-state index contributed by atoms with van der Waals surface area (Å²) in [5.41, 5.74) is 0. The molecule has 15 heavy (non-hydrogen) atoms. The van der Waals surface area contributed by atoms with Crippen LogP contribution in [-0.4, -0.2) is 12.6 Å². The van der Waals surface area contributed by atoms with Crippen molar-refractivity contribution in [2.75, 3.05) is 6.54 Å². The molecule has 0 aromatic heterocycles. The van der Waals surface area contributed by atoms with Crippen LogP contribution in [0.3, 0.4) is 0 Å². The van der Waals surface area contributed by atoms with Crippen molar-refractivity contribution in [1.29, 1.82) is 0 Å². The summed E-state index contributed by atoms with van der Waals surface area (Å²) in [5, 5.41) is 3.65. The van der Waals surface area contributed by atoms with Gasteiger partial charge in [0.25, 0.3) is 0 Å². The van der Waals surface area contributed by atoms with Gasteiger partial charge in [-0.25, -0.2) is 0 Å². The third-order valence-electron chi connectivity index (χ3n) is 4.51. The Morgan fingerprint density at radius 3 is 2.33 bits per heavy atom. The van der Waals surface area contributed by atoms with Gasteiger partial charge in [-0.3, -0.25) is 0 Å². The van der Waals surface area contributed by atoms with Crippen molar-refractivity contribution in [1.82, 2.24) is 5.32 Å². The smallest absolute Gasteiger partial charge is 0.00104 e. The van der Waals surface area contributed by atoms with Crippen LogP contribution in [0.4, 0.5) is 0 Å². The molecule has 0 amide bonds. The van der Waals surface area contributed by atoms with E-state index < -0.39 is 0 Å². The molecule has 1 N–H and O–H groups in total. The molecule has 2 unspecified atom stereocenters. The molecule has 0 spiro atoms. The molecule has 0 aromatic carbocycles. The maximum Gasteiger partial charge on any atom is 0.00104 e. The van der Waals surface area contributed by atoms with Crippen LogP contribution < -0.4 is 5.32 Å². The molecule has 2 aliphatic carbocycles. The molecule has 0 aromatic rings. The molecule has 2 atom stereocenters.